The quantitative estimate of drug-likeness (QED) is 0.809. The Labute approximate surface area is 149 Å². The van der Waals surface area contributed by atoms with Gasteiger partial charge in [-0.05, 0) is 62.3 Å². The number of fused-ring (bicyclic) bond motifs is 3. The molecule has 2 unspecified atom stereocenters. The molecule has 130 valence electrons. The lowest BCUT2D eigenvalue weighted by atomic mass is 9.76. The molecule has 3 heteroatoms. The molecule has 2 aliphatic heterocycles. The summed E-state index contributed by atoms with van der Waals surface area (Å²) >= 11 is 0. The molecule has 1 aliphatic carbocycles. The van der Waals surface area contributed by atoms with E-state index in [4.69, 9.17) is 9.47 Å². The fourth-order valence-electron chi connectivity index (χ4n) is 5.06. The largest absolute Gasteiger partial charge is 0.454 e. The third kappa shape index (κ3) is 2.36. The highest BCUT2D eigenvalue weighted by atomic mass is 16.7. The summed E-state index contributed by atoms with van der Waals surface area (Å²) in [6, 6.07) is 15.4. The highest BCUT2D eigenvalue weighted by Gasteiger charge is 2.42. The predicted octanol–water partition coefficient (Wildman–Crippen LogP) is 4.46. The molecular formula is C22H25NO2. The number of nitrogens with zero attached hydrogens (tertiary/aromatic N) is 1. The molecule has 0 aromatic heterocycles. The summed E-state index contributed by atoms with van der Waals surface area (Å²) in [7, 11) is 0. The molecule has 5 rings (SSSR count). The molecule has 2 aromatic rings. The molecule has 0 bridgehead atoms. The van der Waals surface area contributed by atoms with Crippen LogP contribution in [-0.2, 0) is 12.0 Å². The van der Waals surface area contributed by atoms with Crippen LogP contribution in [0.5, 0.6) is 11.5 Å². The fourth-order valence-corrected chi connectivity index (χ4v) is 5.06. The van der Waals surface area contributed by atoms with E-state index in [1.807, 2.05) is 0 Å². The van der Waals surface area contributed by atoms with Gasteiger partial charge in [0.1, 0.15) is 0 Å². The van der Waals surface area contributed by atoms with Gasteiger partial charge in [-0.2, -0.15) is 0 Å². The number of benzene rings is 2. The van der Waals surface area contributed by atoms with Crippen molar-refractivity contribution in [2.45, 2.75) is 44.1 Å². The average Bonchev–Trinajstić information content (AvgIpc) is 3.32. The number of ether oxygens (including phenoxy) is 2. The summed E-state index contributed by atoms with van der Waals surface area (Å²) < 4.78 is 11.4. The lowest BCUT2D eigenvalue weighted by Gasteiger charge is -2.43. The highest BCUT2D eigenvalue weighted by Crippen LogP contribution is 2.49. The van der Waals surface area contributed by atoms with Crippen LogP contribution in [0, 0.1) is 0 Å². The Bertz CT molecular complexity index is 788. The van der Waals surface area contributed by atoms with E-state index < -0.39 is 0 Å². The fraction of sp³-hybridized carbons (Fsp3) is 0.455. The SMILES string of the molecule is CC1(N2CCC(c3ccccc3)C2)CCCc2c1ccc1c2OCO1. The van der Waals surface area contributed by atoms with E-state index >= 15 is 0 Å². The second-order valence-electron chi connectivity index (χ2n) is 7.80. The Kier molecular flexibility index (Phi) is 3.53. The lowest BCUT2D eigenvalue weighted by Crippen LogP contribution is -2.44. The zero-order chi connectivity index (χ0) is 16.9. The average molecular weight is 335 g/mol. The standard InChI is InChI=1S/C22H25NO2/c1-22(23-13-11-17(14-23)16-6-3-2-4-7-16)12-5-8-18-19(22)9-10-20-21(18)25-15-24-20/h2-4,6-7,9-10,17H,5,8,11-15H2,1H3. The van der Waals surface area contributed by atoms with E-state index in [2.05, 4.69) is 54.3 Å². The molecule has 0 saturated carbocycles. The molecule has 3 aliphatic rings. The number of rotatable bonds is 2. The molecule has 1 fully saturated rings. The first kappa shape index (κ1) is 15.3. The summed E-state index contributed by atoms with van der Waals surface area (Å²) in [6.45, 7) is 5.11. The maximum Gasteiger partial charge on any atom is 0.231 e. The first-order chi connectivity index (χ1) is 12.3. The number of likely N-dealkylation sites (tertiary alicyclic amines) is 1. The van der Waals surface area contributed by atoms with Crippen LogP contribution in [0.15, 0.2) is 42.5 Å². The minimum Gasteiger partial charge on any atom is -0.454 e. The minimum absolute atomic E-state index is 0.109. The summed E-state index contributed by atoms with van der Waals surface area (Å²) in [6.07, 6.45) is 4.80. The monoisotopic (exact) mass is 335 g/mol. The van der Waals surface area contributed by atoms with Crippen molar-refractivity contribution < 1.29 is 9.47 Å². The molecule has 25 heavy (non-hydrogen) atoms. The van der Waals surface area contributed by atoms with Crippen molar-refractivity contribution in [3.8, 4) is 11.5 Å². The van der Waals surface area contributed by atoms with Gasteiger partial charge in [0.2, 0.25) is 6.79 Å². The van der Waals surface area contributed by atoms with Crippen molar-refractivity contribution >= 4 is 0 Å². The van der Waals surface area contributed by atoms with Crippen molar-refractivity contribution in [3.63, 3.8) is 0 Å². The van der Waals surface area contributed by atoms with Crippen molar-refractivity contribution in [1.82, 2.24) is 4.90 Å². The Hall–Kier alpha value is -2.00. The van der Waals surface area contributed by atoms with Gasteiger partial charge in [0, 0.05) is 17.6 Å². The zero-order valence-electron chi connectivity index (χ0n) is 14.8. The molecule has 3 nitrogen and oxygen atoms in total. The van der Waals surface area contributed by atoms with E-state index in [0.29, 0.717) is 12.7 Å². The minimum atomic E-state index is 0.109. The molecule has 2 atom stereocenters. The predicted molar refractivity (Wildman–Crippen MR) is 98.2 cm³/mol. The van der Waals surface area contributed by atoms with Gasteiger partial charge < -0.3 is 9.47 Å². The first-order valence-electron chi connectivity index (χ1n) is 9.48. The highest BCUT2D eigenvalue weighted by molar-refractivity contribution is 5.55. The first-order valence-corrected chi connectivity index (χ1v) is 9.48. The molecule has 0 amide bonds. The van der Waals surface area contributed by atoms with Crippen molar-refractivity contribution in [2.75, 3.05) is 19.9 Å². The van der Waals surface area contributed by atoms with E-state index in [9.17, 15) is 0 Å². The summed E-state index contributed by atoms with van der Waals surface area (Å²) in [4.78, 5) is 2.71. The van der Waals surface area contributed by atoms with Gasteiger partial charge in [-0.3, -0.25) is 4.90 Å². The molecule has 0 radical (unpaired) electrons. The molecule has 2 heterocycles. The van der Waals surface area contributed by atoms with Gasteiger partial charge in [-0.25, -0.2) is 0 Å². The molecule has 2 aromatic carbocycles. The molecule has 1 saturated heterocycles. The van der Waals surface area contributed by atoms with Crippen LogP contribution >= 0.6 is 0 Å². The van der Waals surface area contributed by atoms with Gasteiger partial charge in [-0.15, -0.1) is 0 Å². The van der Waals surface area contributed by atoms with Crippen LogP contribution < -0.4 is 9.47 Å². The summed E-state index contributed by atoms with van der Waals surface area (Å²) in [5.41, 5.74) is 4.43. The van der Waals surface area contributed by atoms with Crippen LogP contribution in [0.4, 0.5) is 0 Å². The van der Waals surface area contributed by atoms with Crippen molar-refractivity contribution in [1.29, 1.82) is 0 Å². The molecule has 0 spiro atoms. The smallest absolute Gasteiger partial charge is 0.231 e. The van der Waals surface area contributed by atoms with E-state index in [1.165, 1.54) is 42.5 Å². The van der Waals surface area contributed by atoms with Crippen LogP contribution in [0.3, 0.4) is 0 Å². The Morgan fingerprint density at radius 2 is 1.96 bits per heavy atom. The third-order valence-electron chi connectivity index (χ3n) is 6.47. The van der Waals surface area contributed by atoms with Crippen LogP contribution in [-0.4, -0.2) is 24.8 Å². The summed E-state index contributed by atoms with van der Waals surface area (Å²) in [5.74, 6) is 2.58. The second kappa shape index (κ2) is 5.77. The maximum absolute atomic E-state index is 5.80. The zero-order valence-corrected chi connectivity index (χ0v) is 14.8. The third-order valence-corrected chi connectivity index (χ3v) is 6.47. The van der Waals surface area contributed by atoms with Crippen LogP contribution in [0.2, 0.25) is 0 Å². The summed E-state index contributed by atoms with van der Waals surface area (Å²) in [5, 5.41) is 0. The Balaban J connectivity index is 1.47. The Morgan fingerprint density at radius 3 is 2.84 bits per heavy atom. The van der Waals surface area contributed by atoms with Gasteiger partial charge in [0.05, 0.1) is 0 Å². The molecule has 0 N–H and O–H groups in total. The maximum atomic E-state index is 5.80. The van der Waals surface area contributed by atoms with Crippen LogP contribution in [0.25, 0.3) is 0 Å². The van der Waals surface area contributed by atoms with Gasteiger partial charge in [-0.1, -0.05) is 36.4 Å². The van der Waals surface area contributed by atoms with Crippen LogP contribution in [0.1, 0.15) is 48.8 Å². The van der Waals surface area contributed by atoms with Gasteiger partial charge >= 0.3 is 0 Å². The topological polar surface area (TPSA) is 21.7 Å². The molecular weight excluding hydrogens is 310 g/mol. The van der Waals surface area contributed by atoms with Crippen molar-refractivity contribution in [2.24, 2.45) is 0 Å². The van der Waals surface area contributed by atoms with Gasteiger partial charge in [0.25, 0.3) is 0 Å². The lowest BCUT2D eigenvalue weighted by molar-refractivity contribution is 0.110. The van der Waals surface area contributed by atoms with Gasteiger partial charge in [0.15, 0.2) is 11.5 Å². The van der Waals surface area contributed by atoms with E-state index in [0.717, 1.165) is 24.5 Å². The Morgan fingerprint density at radius 1 is 1.08 bits per heavy atom. The van der Waals surface area contributed by atoms with E-state index in [1.54, 1.807) is 0 Å². The van der Waals surface area contributed by atoms with E-state index in [-0.39, 0.29) is 5.54 Å². The normalized spacial score (nSPS) is 28.1. The van der Waals surface area contributed by atoms with Crippen molar-refractivity contribution in [3.05, 3.63) is 59.2 Å². The second-order valence-corrected chi connectivity index (χ2v) is 7.80. The number of hydrogen-bond donors (Lipinski definition) is 0. The number of hydrogen-bond acceptors (Lipinski definition) is 3.